The van der Waals surface area contributed by atoms with Gasteiger partial charge in [-0.3, -0.25) is 4.79 Å². The minimum Gasteiger partial charge on any atom is -0.321 e. The number of carbonyl (C=O) groups excluding carboxylic acids is 1. The van der Waals surface area contributed by atoms with Crippen LogP contribution in [0, 0.1) is 13.8 Å². The van der Waals surface area contributed by atoms with Crippen molar-refractivity contribution in [1.82, 2.24) is 9.55 Å². The van der Waals surface area contributed by atoms with E-state index in [0.717, 1.165) is 36.1 Å². The van der Waals surface area contributed by atoms with Crippen molar-refractivity contribution < 1.29 is 4.79 Å². The van der Waals surface area contributed by atoms with Crippen LogP contribution in [-0.4, -0.2) is 22.0 Å². The maximum Gasteiger partial charge on any atom is 0.246 e. The monoisotopic (exact) mass is 319 g/mol. The number of aryl methyl sites for hydroxylation is 3. The molecule has 0 unspecified atom stereocenters. The number of hydrogen-bond acceptors (Lipinski definition) is 2. The molecule has 0 saturated carbocycles. The molecule has 24 heavy (non-hydrogen) atoms. The molecule has 1 aromatic heterocycles. The Kier molecular flexibility index (Phi) is 3.60. The molecule has 3 aromatic rings. The van der Waals surface area contributed by atoms with Gasteiger partial charge in [0.25, 0.3) is 0 Å². The van der Waals surface area contributed by atoms with Crippen LogP contribution in [0.5, 0.6) is 0 Å². The molecule has 4 heteroatoms. The lowest BCUT2D eigenvalue weighted by Gasteiger charge is -2.29. The van der Waals surface area contributed by atoms with Gasteiger partial charge in [-0.15, -0.1) is 0 Å². The summed E-state index contributed by atoms with van der Waals surface area (Å²) in [7, 11) is 0. The lowest BCUT2D eigenvalue weighted by Crippen LogP contribution is -2.37. The summed E-state index contributed by atoms with van der Waals surface area (Å²) in [5.74, 6) is 0.125. The Morgan fingerprint density at radius 3 is 2.83 bits per heavy atom. The minimum atomic E-state index is 0.125. The second-order valence-electron chi connectivity index (χ2n) is 6.58. The smallest absolute Gasteiger partial charge is 0.246 e. The Morgan fingerprint density at radius 2 is 1.96 bits per heavy atom. The van der Waals surface area contributed by atoms with E-state index in [0.29, 0.717) is 6.54 Å². The van der Waals surface area contributed by atoms with Crippen molar-refractivity contribution in [2.24, 2.45) is 0 Å². The van der Waals surface area contributed by atoms with E-state index in [-0.39, 0.29) is 5.91 Å². The van der Waals surface area contributed by atoms with Crippen LogP contribution in [0.25, 0.3) is 11.0 Å². The van der Waals surface area contributed by atoms with Gasteiger partial charge in [0.05, 0.1) is 17.4 Å². The van der Waals surface area contributed by atoms with Gasteiger partial charge in [0.2, 0.25) is 5.91 Å². The van der Waals surface area contributed by atoms with Crippen molar-refractivity contribution >= 4 is 22.6 Å². The summed E-state index contributed by atoms with van der Waals surface area (Å²) in [6, 6.07) is 12.4. The zero-order valence-corrected chi connectivity index (χ0v) is 14.1. The van der Waals surface area contributed by atoms with Gasteiger partial charge in [0.1, 0.15) is 6.54 Å². The first-order valence-electron chi connectivity index (χ1n) is 8.44. The fourth-order valence-corrected chi connectivity index (χ4v) is 3.46. The number of aromatic nitrogens is 2. The Balaban J connectivity index is 1.65. The molecule has 4 nitrogen and oxygen atoms in total. The SMILES string of the molecule is Cc1cc2ncn(CC(=O)N3CCCc4ccccc43)c2cc1C. The van der Waals surface area contributed by atoms with Gasteiger partial charge in [-0.05, 0) is 61.6 Å². The number of amides is 1. The van der Waals surface area contributed by atoms with Crippen molar-refractivity contribution in [3.8, 4) is 0 Å². The van der Waals surface area contributed by atoms with Crippen LogP contribution in [0.4, 0.5) is 5.69 Å². The third-order valence-electron chi connectivity index (χ3n) is 4.95. The highest BCUT2D eigenvalue weighted by atomic mass is 16.2. The molecule has 0 atom stereocenters. The maximum atomic E-state index is 12.9. The van der Waals surface area contributed by atoms with Gasteiger partial charge >= 0.3 is 0 Å². The average molecular weight is 319 g/mol. The summed E-state index contributed by atoms with van der Waals surface area (Å²) >= 11 is 0. The number of rotatable bonds is 2. The molecule has 2 heterocycles. The van der Waals surface area contributed by atoms with Crippen LogP contribution >= 0.6 is 0 Å². The van der Waals surface area contributed by atoms with Crippen LogP contribution in [0.1, 0.15) is 23.1 Å². The summed E-state index contributed by atoms with van der Waals surface area (Å²) in [5.41, 5.74) is 6.75. The zero-order valence-electron chi connectivity index (χ0n) is 14.1. The van der Waals surface area contributed by atoms with Gasteiger partial charge < -0.3 is 9.47 Å². The van der Waals surface area contributed by atoms with Crippen molar-refractivity contribution in [3.05, 3.63) is 59.4 Å². The predicted molar refractivity (Wildman–Crippen MR) is 96.3 cm³/mol. The summed E-state index contributed by atoms with van der Waals surface area (Å²) in [4.78, 5) is 19.3. The Morgan fingerprint density at radius 1 is 1.17 bits per heavy atom. The van der Waals surface area contributed by atoms with Gasteiger partial charge in [-0.25, -0.2) is 4.98 Å². The Hall–Kier alpha value is -2.62. The van der Waals surface area contributed by atoms with E-state index in [1.807, 2.05) is 27.7 Å². The van der Waals surface area contributed by atoms with E-state index < -0.39 is 0 Å². The number of anilines is 1. The first-order chi connectivity index (χ1) is 11.6. The van der Waals surface area contributed by atoms with Crippen LogP contribution in [0.15, 0.2) is 42.7 Å². The molecule has 0 fully saturated rings. The third kappa shape index (κ3) is 2.48. The molecule has 0 radical (unpaired) electrons. The second-order valence-corrected chi connectivity index (χ2v) is 6.58. The van der Waals surface area contributed by atoms with Crippen molar-refractivity contribution in [2.45, 2.75) is 33.2 Å². The summed E-state index contributed by atoms with van der Waals surface area (Å²) < 4.78 is 1.96. The predicted octanol–water partition coefficient (Wildman–Crippen LogP) is 3.63. The molecule has 0 aliphatic carbocycles. The van der Waals surface area contributed by atoms with Crippen molar-refractivity contribution in [1.29, 1.82) is 0 Å². The first kappa shape index (κ1) is 14.9. The average Bonchev–Trinajstić information content (AvgIpc) is 2.96. The van der Waals surface area contributed by atoms with Gasteiger partial charge in [0, 0.05) is 12.2 Å². The maximum absolute atomic E-state index is 12.9. The van der Waals surface area contributed by atoms with Crippen LogP contribution < -0.4 is 4.90 Å². The van der Waals surface area contributed by atoms with Crippen LogP contribution in [-0.2, 0) is 17.8 Å². The molecular weight excluding hydrogens is 298 g/mol. The quantitative estimate of drug-likeness (QED) is 0.723. The van der Waals surface area contributed by atoms with E-state index in [9.17, 15) is 4.79 Å². The molecule has 0 saturated heterocycles. The van der Waals surface area contributed by atoms with E-state index in [1.165, 1.54) is 16.7 Å². The largest absolute Gasteiger partial charge is 0.321 e. The highest BCUT2D eigenvalue weighted by Crippen LogP contribution is 2.27. The molecule has 122 valence electrons. The highest BCUT2D eigenvalue weighted by molar-refractivity contribution is 5.95. The normalized spacial score (nSPS) is 14.0. The first-order valence-corrected chi connectivity index (χ1v) is 8.44. The van der Waals surface area contributed by atoms with Gasteiger partial charge in [0.15, 0.2) is 0 Å². The molecule has 0 spiro atoms. The molecule has 1 aliphatic rings. The standard InChI is InChI=1S/C20H21N3O/c1-14-10-17-19(11-15(14)2)22(13-21-17)12-20(24)23-9-5-7-16-6-3-4-8-18(16)23/h3-4,6,8,10-11,13H,5,7,9,12H2,1-2H3. The summed E-state index contributed by atoms with van der Waals surface area (Å²) in [5, 5.41) is 0. The van der Waals surface area contributed by atoms with E-state index >= 15 is 0 Å². The highest BCUT2D eigenvalue weighted by Gasteiger charge is 2.22. The number of benzene rings is 2. The fraction of sp³-hybridized carbons (Fsp3) is 0.300. The number of carbonyl (C=O) groups is 1. The molecule has 0 bridgehead atoms. The number of para-hydroxylation sites is 1. The molecule has 1 aliphatic heterocycles. The molecule has 2 aromatic carbocycles. The topological polar surface area (TPSA) is 38.1 Å². The van der Waals surface area contributed by atoms with Crippen molar-refractivity contribution in [2.75, 3.05) is 11.4 Å². The van der Waals surface area contributed by atoms with Crippen LogP contribution in [0.2, 0.25) is 0 Å². The Labute approximate surface area is 141 Å². The lowest BCUT2D eigenvalue weighted by molar-refractivity contribution is -0.119. The van der Waals surface area contributed by atoms with Crippen molar-refractivity contribution in [3.63, 3.8) is 0 Å². The van der Waals surface area contributed by atoms with Crippen LogP contribution in [0.3, 0.4) is 0 Å². The van der Waals surface area contributed by atoms with Gasteiger partial charge in [-0.2, -0.15) is 0 Å². The summed E-state index contributed by atoms with van der Waals surface area (Å²) in [6.45, 7) is 5.30. The van der Waals surface area contributed by atoms with Gasteiger partial charge in [-0.1, -0.05) is 18.2 Å². The third-order valence-corrected chi connectivity index (χ3v) is 4.95. The molecular formula is C20H21N3O. The molecule has 4 rings (SSSR count). The summed E-state index contributed by atoms with van der Waals surface area (Å²) in [6.07, 6.45) is 3.84. The Bertz CT molecular complexity index is 926. The van der Waals surface area contributed by atoms with E-state index in [1.54, 1.807) is 6.33 Å². The zero-order chi connectivity index (χ0) is 16.7. The number of fused-ring (bicyclic) bond motifs is 2. The second kappa shape index (κ2) is 5.78. The number of hydrogen-bond donors (Lipinski definition) is 0. The number of imidazole rings is 1. The molecule has 1 amide bonds. The molecule has 0 N–H and O–H groups in total. The fourth-order valence-electron chi connectivity index (χ4n) is 3.46. The van der Waals surface area contributed by atoms with E-state index in [2.05, 4.69) is 37.0 Å². The number of nitrogens with zero attached hydrogens (tertiary/aromatic N) is 3. The van der Waals surface area contributed by atoms with E-state index in [4.69, 9.17) is 0 Å². The minimum absolute atomic E-state index is 0.125. The lowest BCUT2D eigenvalue weighted by atomic mass is 10.0.